The van der Waals surface area contributed by atoms with Gasteiger partial charge in [0.2, 0.25) is 0 Å². The van der Waals surface area contributed by atoms with Crippen molar-refractivity contribution in [2.24, 2.45) is 47.3 Å². The van der Waals surface area contributed by atoms with Gasteiger partial charge in [-0.2, -0.15) is 19.6 Å². The van der Waals surface area contributed by atoms with Crippen molar-refractivity contribution < 1.29 is 153 Å². The first kappa shape index (κ1) is 114. The first-order valence-electron chi connectivity index (χ1n) is 49.7. The van der Waals surface area contributed by atoms with Crippen molar-refractivity contribution in [3.8, 4) is 69.0 Å². The number of rotatable bonds is 64. The van der Waals surface area contributed by atoms with Crippen LogP contribution in [0.3, 0.4) is 0 Å². The van der Waals surface area contributed by atoms with Crippen LogP contribution in [-0.2, 0) is 91.2 Å². The van der Waals surface area contributed by atoms with Gasteiger partial charge in [-0.3, -0.25) is 28.8 Å². The number of carbonyl (C=O) groups is 11. The molecule has 0 atom stereocenters. The molecule has 0 aromatic heterocycles. The van der Waals surface area contributed by atoms with E-state index in [1.807, 2.05) is 24.3 Å². The Morgan fingerprint density at radius 3 is 0.761 bits per heavy atom. The highest BCUT2D eigenvalue weighted by molar-refractivity contribution is 5.84. The standard InChI is InChI=1S/C55H70O16.C53H66O15.C2H4O/c1-3-51(56)63-36-11-7-5-9-35-62-46-23-29-49(30-24-46)70-66-39-41-15-19-44(20-16-41)55(60)69-48-27-31-50(32-28-48)71-67-40-42-13-17-43(18-14-42)54(59)68-47-25-21-45(22-26-47)61-34-10-6-8-12-37-64-53(58)33-38-65-52(57)4-2;1-3-50(55)61-33-11-7-5-9-31-59-44-21-25-46(26-22-44)65-52(57)41-17-15-40(16-18-41)38-64-68-49-30-29-48(35-43(49)36-54)66-53(58)42-19-13-39(14-20-42)37-63-67-47-27-23-45(24-28-47)60-32-10-6-8-12-34-62-51(56)4-2;1-2-3/h3-4,21-32,41-44H,1-2,5-20,33-40H2;3-4,21-30,35-36,39-42H,1-2,5-20,31-34,37-38H2;2H,1H3. The average molecular weight is 1970 g/mol. The maximum atomic E-state index is 13.1. The van der Waals surface area contributed by atoms with Gasteiger partial charge >= 0.3 is 53.7 Å². The van der Waals surface area contributed by atoms with Gasteiger partial charge in [-0.05, 0) is 376 Å². The molecule has 0 heterocycles. The zero-order valence-corrected chi connectivity index (χ0v) is 81.8. The lowest BCUT2D eigenvalue weighted by molar-refractivity contribution is -0.218. The van der Waals surface area contributed by atoms with Gasteiger partial charge in [0.25, 0.3) is 0 Å². The molecule has 0 radical (unpaired) electrons. The molecule has 4 fully saturated rings. The summed E-state index contributed by atoms with van der Waals surface area (Å²) in [7, 11) is 0. The van der Waals surface area contributed by atoms with Crippen molar-refractivity contribution in [1.29, 1.82) is 0 Å². The number of hydrogen-bond acceptors (Lipinski definition) is 32. The second-order valence-electron chi connectivity index (χ2n) is 34.9. The Labute approximate surface area is 832 Å². The molecule has 0 saturated heterocycles. The van der Waals surface area contributed by atoms with Gasteiger partial charge in [0.05, 0.1) is 115 Å². The molecule has 0 spiro atoms. The Balaban J connectivity index is 0.000000338. The Morgan fingerprint density at radius 2 is 0.493 bits per heavy atom. The van der Waals surface area contributed by atoms with E-state index in [1.54, 1.807) is 109 Å². The highest BCUT2D eigenvalue weighted by Gasteiger charge is 2.33. The van der Waals surface area contributed by atoms with Crippen LogP contribution in [0.4, 0.5) is 0 Å². The molecular weight excluding hydrogens is 1830 g/mol. The molecule has 32 heteroatoms. The molecule has 32 nitrogen and oxygen atoms in total. The predicted octanol–water partition coefficient (Wildman–Crippen LogP) is 20.9. The average Bonchev–Trinajstić information content (AvgIpc) is 0.850. The summed E-state index contributed by atoms with van der Waals surface area (Å²) in [6.45, 7) is 20.2. The van der Waals surface area contributed by atoms with E-state index >= 15 is 0 Å². The first-order chi connectivity index (χ1) is 69.3. The van der Waals surface area contributed by atoms with E-state index in [-0.39, 0.29) is 114 Å². The summed E-state index contributed by atoms with van der Waals surface area (Å²) in [4.78, 5) is 173. The highest BCUT2D eigenvalue weighted by atomic mass is 17.2. The monoisotopic (exact) mass is 1970 g/mol. The van der Waals surface area contributed by atoms with Crippen molar-refractivity contribution in [3.63, 3.8) is 0 Å². The van der Waals surface area contributed by atoms with Crippen molar-refractivity contribution in [3.05, 3.63) is 196 Å². The van der Waals surface area contributed by atoms with Crippen LogP contribution in [-0.4, -0.2) is 152 Å². The summed E-state index contributed by atoms with van der Waals surface area (Å²) in [6.07, 6.45) is 31.9. The molecule has 10 rings (SSSR count). The quantitative estimate of drug-likeness (QED) is 0.00500. The summed E-state index contributed by atoms with van der Waals surface area (Å²) in [5, 5.41) is 0. The first-order valence-corrected chi connectivity index (χ1v) is 49.7. The topological polar surface area (TPSA) is 382 Å². The Hall–Kier alpha value is -12.9. The molecule has 772 valence electrons. The molecule has 6 aromatic carbocycles. The van der Waals surface area contributed by atoms with Crippen LogP contribution < -0.4 is 57.4 Å². The normalized spacial score (nSPS) is 17.3. The van der Waals surface area contributed by atoms with Crippen LogP contribution in [0.25, 0.3) is 0 Å². The fourth-order valence-electron chi connectivity index (χ4n) is 15.8. The highest BCUT2D eigenvalue weighted by Crippen LogP contribution is 2.37. The second-order valence-corrected chi connectivity index (χ2v) is 34.9. The second kappa shape index (κ2) is 69.1. The van der Waals surface area contributed by atoms with Gasteiger partial charge in [0.15, 0.2) is 29.3 Å². The van der Waals surface area contributed by atoms with Gasteiger partial charge in [-0.15, -0.1) is 0 Å². The Morgan fingerprint density at radius 1 is 0.268 bits per heavy atom. The zero-order chi connectivity index (χ0) is 101. The summed E-state index contributed by atoms with van der Waals surface area (Å²) < 4.78 is 70.7. The molecule has 0 aliphatic heterocycles. The number of esters is 9. The summed E-state index contributed by atoms with van der Waals surface area (Å²) in [5.41, 5.74) is 0.191. The molecule has 6 aromatic rings. The minimum atomic E-state index is -0.566. The SMILES string of the molecule is C=CC(=O)OCCCCCCOc1ccc(OOCC2CCC(C(=O)Oc3ccc(OOCC4CCC(C(=O)Oc5ccc(OCCCCCCOC(=O)C=C)cc5)CC4)c(C=O)c3)CC2)cc1.C=CC(=O)OCCCCCCOc1ccc(OOCC2CCC(C(=O)Oc3ccc(OOCC4CCC(C(=O)Oc5ccc(OCCCCCCOC(=O)CCOC(=O)C=C)cc5)CC4)cc3)CC2)cc1.CC=O. The third kappa shape index (κ3) is 47.6. The molecule has 4 aliphatic carbocycles. The van der Waals surface area contributed by atoms with Crippen molar-refractivity contribution in [1.82, 2.24) is 0 Å². The number of benzene rings is 6. The van der Waals surface area contributed by atoms with Gasteiger partial charge in [-0.25, -0.2) is 19.2 Å². The van der Waals surface area contributed by atoms with E-state index in [9.17, 15) is 47.9 Å². The number of ether oxygens (including phenoxy) is 13. The molecule has 4 saturated carbocycles. The maximum absolute atomic E-state index is 13.1. The van der Waals surface area contributed by atoms with Crippen LogP contribution >= 0.6 is 0 Å². The fraction of sp³-hybridized carbons (Fsp3) is 0.500. The summed E-state index contributed by atoms with van der Waals surface area (Å²) >= 11 is 0. The molecule has 0 N–H and O–H groups in total. The third-order valence-corrected chi connectivity index (χ3v) is 24.1. The van der Waals surface area contributed by atoms with Gasteiger partial charge < -0.3 is 85.9 Å². The molecule has 0 amide bonds. The molecule has 4 aliphatic rings. The van der Waals surface area contributed by atoms with Crippen molar-refractivity contribution in [2.75, 3.05) is 85.9 Å². The molecule has 142 heavy (non-hydrogen) atoms. The lowest BCUT2D eigenvalue weighted by Gasteiger charge is -2.26. The lowest BCUT2D eigenvalue weighted by Crippen LogP contribution is -2.27. The minimum Gasteiger partial charge on any atom is -0.494 e. The number of hydrogen-bond donors (Lipinski definition) is 0. The van der Waals surface area contributed by atoms with E-state index in [4.69, 9.17) is 105 Å². The van der Waals surface area contributed by atoms with Crippen LogP contribution in [0, 0.1) is 47.3 Å². The summed E-state index contributed by atoms with van der Waals surface area (Å²) in [5.74, 6) is 3.18. The van der Waals surface area contributed by atoms with Gasteiger partial charge in [0, 0.05) is 24.3 Å². The Bertz CT molecular complexity index is 4710. The van der Waals surface area contributed by atoms with Crippen LogP contribution in [0.15, 0.2) is 190 Å². The van der Waals surface area contributed by atoms with Crippen LogP contribution in [0.2, 0.25) is 0 Å². The number of unbranched alkanes of at least 4 members (excludes halogenated alkanes) is 12. The lowest BCUT2D eigenvalue weighted by atomic mass is 9.82. The maximum Gasteiger partial charge on any atom is 0.330 e. The summed E-state index contributed by atoms with van der Waals surface area (Å²) in [6, 6.07) is 39.9. The van der Waals surface area contributed by atoms with Crippen LogP contribution in [0.1, 0.15) is 229 Å². The van der Waals surface area contributed by atoms with Crippen molar-refractivity contribution in [2.45, 2.75) is 219 Å². The zero-order valence-electron chi connectivity index (χ0n) is 81.8. The van der Waals surface area contributed by atoms with Crippen molar-refractivity contribution >= 4 is 66.3 Å². The van der Waals surface area contributed by atoms with Crippen LogP contribution in [0.5, 0.6) is 69.0 Å². The molecule has 0 bridgehead atoms. The number of carbonyl (C=O) groups excluding carboxylic acids is 11. The third-order valence-electron chi connectivity index (χ3n) is 24.1. The smallest absolute Gasteiger partial charge is 0.330 e. The predicted molar refractivity (Wildman–Crippen MR) is 522 cm³/mol. The van der Waals surface area contributed by atoms with E-state index in [1.165, 1.54) is 19.1 Å². The Kier molecular flexibility index (Phi) is 55.6. The number of aldehydes is 2. The van der Waals surface area contributed by atoms with E-state index < -0.39 is 23.9 Å². The van der Waals surface area contributed by atoms with E-state index in [0.717, 1.165) is 190 Å². The van der Waals surface area contributed by atoms with Gasteiger partial charge in [0.1, 0.15) is 58.9 Å². The minimum absolute atomic E-state index is 0.0181. The van der Waals surface area contributed by atoms with E-state index in [0.29, 0.717) is 176 Å². The fourth-order valence-corrected chi connectivity index (χ4v) is 15.8. The van der Waals surface area contributed by atoms with E-state index in [2.05, 4.69) is 26.3 Å². The molecular formula is C110H140O32. The largest absolute Gasteiger partial charge is 0.494 e. The van der Waals surface area contributed by atoms with Gasteiger partial charge in [-0.1, -0.05) is 26.3 Å². The molecule has 0 unspecified atom stereocenters.